The third-order valence-electron chi connectivity index (χ3n) is 3.95. The molecule has 0 aliphatic heterocycles. The van der Waals surface area contributed by atoms with E-state index in [9.17, 15) is 17.9 Å². The number of fused-ring (bicyclic) bond motifs is 1. The van der Waals surface area contributed by atoms with Gasteiger partial charge in [-0.3, -0.25) is 0 Å². The highest BCUT2D eigenvalue weighted by Crippen LogP contribution is 2.26. The molecule has 5 nitrogen and oxygen atoms in total. The number of hydrogen-bond acceptors (Lipinski definition) is 3. The van der Waals surface area contributed by atoms with Gasteiger partial charge in [0.25, 0.3) is 0 Å². The summed E-state index contributed by atoms with van der Waals surface area (Å²) in [6.45, 7) is -0.217. The third-order valence-corrected chi connectivity index (χ3v) is 5.67. The fourth-order valence-electron chi connectivity index (χ4n) is 2.66. The second kappa shape index (κ2) is 6.76. The zero-order chi connectivity index (χ0) is 18.2. The molecule has 0 saturated carbocycles. The van der Waals surface area contributed by atoms with E-state index in [2.05, 4.69) is 4.72 Å². The van der Waals surface area contributed by atoms with Gasteiger partial charge in [0.2, 0.25) is 10.0 Å². The van der Waals surface area contributed by atoms with E-state index >= 15 is 0 Å². The van der Waals surface area contributed by atoms with E-state index in [1.165, 1.54) is 0 Å². The molecule has 0 saturated heterocycles. The van der Waals surface area contributed by atoms with E-state index in [4.69, 9.17) is 11.6 Å². The van der Waals surface area contributed by atoms with Gasteiger partial charge in [-0.1, -0.05) is 29.8 Å². The van der Waals surface area contributed by atoms with Crippen molar-refractivity contribution in [2.45, 2.75) is 11.0 Å². The Labute approximate surface area is 149 Å². The molecule has 3 aromatic rings. The van der Waals surface area contributed by atoms with Gasteiger partial charge in [-0.15, -0.1) is 0 Å². The first-order valence-electron chi connectivity index (χ1n) is 7.46. The maximum Gasteiger partial charge on any atom is 0.240 e. The van der Waals surface area contributed by atoms with E-state index < -0.39 is 21.9 Å². The summed E-state index contributed by atoms with van der Waals surface area (Å²) in [6, 6.07) is 10.6. The monoisotopic (exact) mass is 382 g/mol. The highest BCUT2D eigenvalue weighted by atomic mass is 35.5. The molecule has 8 heteroatoms. The molecule has 2 aromatic carbocycles. The number of aliphatic hydroxyl groups is 1. The number of nitrogens with zero attached hydrogens (tertiary/aromatic N) is 1. The van der Waals surface area contributed by atoms with Crippen LogP contribution in [0.25, 0.3) is 10.9 Å². The molecule has 1 unspecified atom stereocenters. The van der Waals surface area contributed by atoms with Crippen molar-refractivity contribution < 1.29 is 17.9 Å². The number of halogens is 2. The number of aliphatic hydroxyl groups excluding tert-OH is 1. The lowest BCUT2D eigenvalue weighted by atomic mass is 10.1. The molecular weight excluding hydrogens is 367 g/mol. The van der Waals surface area contributed by atoms with Crippen molar-refractivity contribution in [1.82, 2.24) is 9.29 Å². The lowest BCUT2D eigenvalue weighted by Crippen LogP contribution is -2.28. The van der Waals surface area contributed by atoms with E-state index in [-0.39, 0.29) is 16.5 Å². The molecule has 0 spiro atoms. The summed E-state index contributed by atoms with van der Waals surface area (Å²) in [7, 11) is -2.07. The van der Waals surface area contributed by atoms with E-state index in [1.54, 1.807) is 6.20 Å². The van der Waals surface area contributed by atoms with Crippen molar-refractivity contribution >= 4 is 32.5 Å². The normalized spacial score (nSPS) is 13.3. The average molecular weight is 383 g/mol. The first kappa shape index (κ1) is 17.9. The minimum atomic E-state index is -3.92. The summed E-state index contributed by atoms with van der Waals surface area (Å²) in [5, 5.41) is 11.0. The van der Waals surface area contributed by atoms with Crippen molar-refractivity contribution in [2.75, 3.05) is 6.54 Å². The van der Waals surface area contributed by atoms with Crippen molar-refractivity contribution in [3.8, 4) is 0 Å². The van der Waals surface area contributed by atoms with Crippen LogP contribution in [0.4, 0.5) is 4.39 Å². The molecule has 0 aliphatic rings. The van der Waals surface area contributed by atoms with Gasteiger partial charge in [0, 0.05) is 36.3 Å². The Morgan fingerprint density at radius 2 is 2.00 bits per heavy atom. The Hall–Kier alpha value is -1.93. The number of nitrogens with one attached hydrogen (secondary N) is 1. The van der Waals surface area contributed by atoms with Crippen molar-refractivity contribution in [1.29, 1.82) is 0 Å². The first-order valence-corrected chi connectivity index (χ1v) is 9.32. The smallest absolute Gasteiger partial charge is 0.240 e. The summed E-state index contributed by atoms with van der Waals surface area (Å²) in [5.74, 6) is -0.698. The standard InChI is InChI=1S/C17H16ClFN2O3S/c1-21-10-13(12-4-2-3-5-16(12)21)17(22)9-20-25(23,24)11-6-7-15(19)14(18)8-11/h2-8,10,17,20,22H,9H2,1H3. The maximum atomic E-state index is 13.2. The number of para-hydroxylation sites is 1. The summed E-state index contributed by atoms with van der Waals surface area (Å²) in [5.41, 5.74) is 1.56. The minimum absolute atomic E-state index is 0.163. The summed E-state index contributed by atoms with van der Waals surface area (Å²) in [4.78, 5) is -0.163. The van der Waals surface area contributed by atoms with Crippen LogP contribution in [0.3, 0.4) is 0 Å². The van der Waals surface area contributed by atoms with Crippen molar-refractivity contribution in [3.63, 3.8) is 0 Å². The van der Waals surface area contributed by atoms with Gasteiger partial charge in [-0.25, -0.2) is 17.5 Å². The Kier molecular flexibility index (Phi) is 4.83. The number of rotatable bonds is 5. The largest absolute Gasteiger partial charge is 0.387 e. The third kappa shape index (κ3) is 3.55. The van der Waals surface area contributed by atoms with Crippen LogP contribution < -0.4 is 4.72 Å². The van der Waals surface area contributed by atoms with Gasteiger partial charge in [0.1, 0.15) is 5.82 Å². The molecule has 1 atom stereocenters. The zero-order valence-corrected chi connectivity index (χ0v) is 14.9. The van der Waals surface area contributed by atoms with Gasteiger partial charge in [-0.05, 0) is 24.3 Å². The SMILES string of the molecule is Cn1cc(C(O)CNS(=O)(=O)c2ccc(F)c(Cl)c2)c2ccccc21. The van der Waals surface area contributed by atoms with E-state index in [0.29, 0.717) is 5.56 Å². The van der Waals surface area contributed by atoms with Crippen LogP contribution in [0.5, 0.6) is 0 Å². The lowest BCUT2D eigenvalue weighted by molar-refractivity contribution is 0.183. The summed E-state index contributed by atoms with van der Waals surface area (Å²) in [6.07, 6.45) is 0.732. The van der Waals surface area contributed by atoms with E-state index in [1.807, 2.05) is 35.9 Å². The predicted molar refractivity (Wildman–Crippen MR) is 94.5 cm³/mol. The highest BCUT2D eigenvalue weighted by molar-refractivity contribution is 7.89. The molecule has 1 heterocycles. The molecule has 0 fully saturated rings. The molecule has 0 aliphatic carbocycles. The highest BCUT2D eigenvalue weighted by Gasteiger charge is 2.20. The van der Waals surface area contributed by atoms with Crippen LogP contribution in [0.15, 0.2) is 53.6 Å². The average Bonchev–Trinajstić information content (AvgIpc) is 2.92. The maximum absolute atomic E-state index is 13.2. The Balaban J connectivity index is 1.81. The Bertz CT molecular complexity index is 1030. The van der Waals surface area contributed by atoms with Crippen molar-refractivity contribution in [3.05, 3.63) is 65.1 Å². The number of hydrogen-bond donors (Lipinski definition) is 2. The van der Waals surface area contributed by atoms with Gasteiger partial charge in [-0.2, -0.15) is 0 Å². The quantitative estimate of drug-likeness (QED) is 0.712. The predicted octanol–water partition coefficient (Wildman–Crippen LogP) is 2.98. The topological polar surface area (TPSA) is 71.3 Å². The van der Waals surface area contributed by atoms with Crippen LogP contribution in [-0.4, -0.2) is 24.6 Å². The zero-order valence-electron chi connectivity index (χ0n) is 13.3. The molecule has 0 bridgehead atoms. The molecule has 3 rings (SSSR count). The molecular formula is C17H16ClFN2O3S. The molecule has 1 aromatic heterocycles. The molecule has 2 N–H and O–H groups in total. The lowest BCUT2D eigenvalue weighted by Gasteiger charge is -2.12. The second-order valence-corrected chi connectivity index (χ2v) is 7.83. The van der Waals surface area contributed by atoms with Crippen LogP contribution in [0, 0.1) is 5.82 Å². The first-order chi connectivity index (χ1) is 11.8. The summed E-state index contributed by atoms with van der Waals surface area (Å²) >= 11 is 5.63. The van der Waals surface area contributed by atoms with Crippen LogP contribution in [-0.2, 0) is 17.1 Å². The molecule has 0 amide bonds. The summed E-state index contributed by atoms with van der Waals surface area (Å²) < 4.78 is 42.0. The Morgan fingerprint density at radius 3 is 2.72 bits per heavy atom. The van der Waals surface area contributed by atoms with Gasteiger partial charge in [0.05, 0.1) is 16.0 Å². The van der Waals surface area contributed by atoms with Crippen LogP contribution in [0.1, 0.15) is 11.7 Å². The fraction of sp³-hybridized carbons (Fsp3) is 0.176. The number of sulfonamides is 1. The molecule has 132 valence electrons. The number of benzene rings is 2. The van der Waals surface area contributed by atoms with Gasteiger partial charge >= 0.3 is 0 Å². The van der Waals surface area contributed by atoms with Crippen LogP contribution >= 0.6 is 11.6 Å². The minimum Gasteiger partial charge on any atom is -0.387 e. The number of aryl methyl sites for hydroxylation is 1. The fourth-order valence-corrected chi connectivity index (χ4v) is 3.97. The molecule has 25 heavy (non-hydrogen) atoms. The van der Waals surface area contributed by atoms with Crippen LogP contribution in [0.2, 0.25) is 5.02 Å². The second-order valence-electron chi connectivity index (χ2n) is 5.66. The van der Waals surface area contributed by atoms with E-state index in [0.717, 1.165) is 29.1 Å². The molecule has 0 radical (unpaired) electrons. The van der Waals surface area contributed by atoms with Crippen molar-refractivity contribution in [2.24, 2.45) is 7.05 Å². The van der Waals surface area contributed by atoms with Gasteiger partial charge < -0.3 is 9.67 Å². The number of aromatic nitrogens is 1. The van der Waals surface area contributed by atoms with Gasteiger partial charge in [0.15, 0.2) is 0 Å². The Morgan fingerprint density at radius 1 is 1.28 bits per heavy atom.